The number of aromatic nitrogens is 1. The molecule has 0 radical (unpaired) electrons. The molecule has 1 aromatic rings. The molecule has 1 N–H and O–H groups in total. The lowest BCUT2D eigenvalue weighted by molar-refractivity contribution is -0.139. The molecule has 1 aliphatic rings. The predicted octanol–water partition coefficient (Wildman–Crippen LogP) is 1.55. The lowest BCUT2D eigenvalue weighted by Crippen LogP contribution is -2.28. The summed E-state index contributed by atoms with van der Waals surface area (Å²) in [4.78, 5) is 28.5. The maximum absolute atomic E-state index is 11.5. The van der Waals surface area contributed by atoms with Crippen LogP contribution in [0.2, 0.25) is 0 Å². The van der Waals surface area contributed by atoms with Crippen LogP contribution >= 0.6 is 0 Å². The molecule has 1 fully saturated rings. The summed E-state index contributed by atoms with van der Waals surface area (Å²) in [5, 5.41) is 3.18. The number of likely N-dealkylation sites (tertiary alicyclic amines) is 1. The summed E-state index contributed by atoms with van der Waals surface area (Å²) in [5.41, 5.74) is 0.923. The van der Waals surface area contributed by atoms with Crippen molar-refractivity contribution >= 4 is 17.6 Å². The Morgan fingerprint density at radius 1 is 1.33 bits per heavy atom. The Kier molecular flexibility index (Phi) is 3.92. The van der Waals surface area contributed by atoms with Crippen molar-refractivity contribution in [1.82, 2.24) is 9.88 Å². The van der Waals surface area contributed by atoms with Crippen LogP contribution in [0.15, 0.2) is 18.3 Å². The minimum absolute atomic E-state index is 0.0834. The molecule has 18 heavy (non-hydrogen) atoms. The largest absolute Gasteiger partial charge is 0.370 e. The van der Waals surface area contributed by atoms with Gasteiger partial charge in [0.05, 0.1) is 6.54 Å². The van der Waals surface area contributed by atoms with Gasteiger partial charge in [-0.05, 0) is 24.1 Å². The monoisotopic (exact) mass is 247 g/mol. The van der Waals surface area contributed by atoms with Gasteiger partial charge < -0.3 is 5.32 Å². The van der Waals surface area contributed by atoms with Crippen LogP contribution in [0.3, 0.4) is 0 Å². The Labute approximate surface area is 106 Å². The van der Waals surface area contributed by atoms with E-state index >= 15 is 0 Å². The summed E-state index contributed by atoms with van der Waals surface area (Å²) in [5.74, 6) is 0.619. The van der Waals surface area contributed by atoms with Crippen LogP contribution in [0.25, 0.3) is 0 Å². The molecule has 1 aliphatic heterocycles. The van der Waals surface area contributed by atoms with Crippen molar-refractivity contribution in [1.29, 1.82) is 0 Å². The maximum Gasteiger partial charge on any atom is 0.229 e. The second kappa shape index (κ2) is 5.62. The number of hydrogen-bond donors (Lipinski definition) is 1. The smallest absolute Gasteiger partial charge is 0.229 e. The molecule has 1 aromatic heterocycles. The molecule has 0 aliphatic carbocycles. The van der Waals surface area contributed by atoms with E-state index in [0.29, 0.717) is 19.4 Å². The summed E-state index contributed by atoms with van der Waals surface area (Å²) in [6, 6.07) is 3.71. The highest BCUT2D eigenvalue weighted by atomic mass is 16.2. The number of amides is 2. The van der Waals surface area contributed by atoms with Gasteiger partial charge in [0.2, 0.25) is 11.8 Å². The van der Waals surface area contributed by atoms with Gasteiger partial charge in [-0.25, -0.2) is 4.98 Å². The van der Waals surface area contributed by atoms with Crippen molar-refractivity contribution in [3.8, 4) is 0 Å². The first kappa shape index (κ1) is 12.5. The molecule has 2 rings (SSSR count). The molecule has 0 saturated carbocycles. The molecule has 0 unspecified atom stereocenters. The van der Waals surface area contributed by atoms with E-state index < -0.39 is 0 Å². The molecule has 2 heterocycles. The number of rotatable bonds is 5. The van der Waals surface area contributed by atoms with Crippen LogP contribution in [0.1, 0.15) is 31.7 Å². The highest BCUT2D eigenvalue weighted by Gasteiger charge is 2.28. The number of nitrogens with one attached hydrogen (secondary N) is 1. The van der Waals surface area contributed by atoms with E-state index in [1.165, 1.54) is 4.90 Å². The third kappa shape index (κ3) is 2.85. The Balaban J connectivity index is 2.04. The van der Waals surface area contributed by atoms with Crippen LogP contribution in [0.5, 0.6) is 0 Å². The first-order chi connectivity index (χ1) is 8.70. The van der Waals surface area contributed by atoms with E-state index in [0.717, 1.165) is 24.3 Å². The number of anilines is 1. The number of nitrogens with zero attached hydrogens (tertiary/aromatic N) is 2. The normalized spacial score (nSPS) is 15.3. The van der Waals surface area contributed by atoms with Crippen molar-refractivity contribution in [2.45, 2.75) is 32.7 Å². The van der Waals surface area contributed by atoms with Gasteiger partial charge in [0.25, 0.3) is 0 Å². The molecule has 5 heteroatoms. The molecule has 0 aromatic carbocycles. The highest BCUT2D eigenvalue weighted by molar-refractivity contribution is 6.01. The third-order valence-electron chi connectivity index (χ3n) is 2.88. The second-order valence-corrected chi connectivity index (χ2v) is 4.35. The number of hydrogen-bond acceptors (Lipinski definition) is 4. The first-order valence-electron chi connectivity index (χ1n) is 6.22. The second-order valence-electron chi connectivity index (χ2n) is 4.35. The highest BCUT2D eigenvalue weighted by Crippen LogP contribution is 2.16. The maximum atomic E-state index is 11.5. The molecule has 0 spiro atoms. The van der Waals surface area contributed by atoms with Crippen molar-refractivity contribution < 1.29 is 9.59 Å². The summed E-state index contributed by atoms with van der Waals surface area (Å²) in [7, 11) is 0. The van der Waals surface area contributed by atoms with E-state index in [-0.39, 0.29) is 11.8 Å². The lowest BCUT2D eigenvalue weighted by Gasteiger charge is -2.14. The fraction of sp³-hybridized carbons (Fsp3) is 0.462. The van der Waals surface area contributed by atoms with E-state index in [4.69, 9.17) is 0 Å². The SMILES string of the molecule is CCCNc1cc(CN2C(=O)CCC2=O)ccn1. The van der Waals surface area contributed by atoms with Gasteiger partial charge in [0, 0.05) is 25.6 Å². The van der Waals surface area contributed by atoms with E-state index in [9.17, 15) is 9.59 Å². The van der Waals surface area contributed by atoms with E-state index in [1.54, 1.807) is 6.20 Å². The van der Waals surface area contributed by atoms with E-state index in [1.807, 2.05) is 12.1 Å². The topological polar surface area (TPSA) is 62.3 Å². The Morgan fingerprint density at radius 3 is 2.72 bits per heavy atom. The minimum atomic E-state index is -0.0834. The Bertz CT molecular complexity index is 443. The lowest BCUT2D eigenvalue weighted by atomic mass is 10.2. The zero-order valence-corrected chi connectivity index (χ0v) is 10.5. The molecule has 0 bridgehead atoms. The summed E-state index contributed by atoms with van der Waals surface area (Å²) in [6.07, 6.45) is 3.39. The van der Waals surface area contributed by atoms with Crippen molar-refractivity contribution in [2.24, 2.45) is 0 Å². The van der Waals surface area contributed by atoms with Gasteiger partial charge in [-0.1, -0.05) is 6.92 Å². The summed E-state index contributed by atoms with van der Waals surface area (Å²) in [6.45, 7) is 3.29. The number of imide groups is 1. The Hall–Kier alpha value is -1.91. The quantitative estimate of drug-likeness (QED) is 0.802. The molecule has 0 atom stereocenters. The predicted molar refractivity (Wildman–Crippen MR) is 67.8 cm³/mol. The zero-order chi connectivity index (χ0) is 13.0. The van der Waals surface area contributed by atoms with Crippen LogP contribution in [0.4, 0.5) is 5.82 Å². The standard InChI is InChI=1S/C13H17N3O2/c1-2-6-14-11-8-10(5-7-15-11)9-16-12(17)3-4-13(16)18/h5,7-8H,2-4,6,9H2,1H3,(H,14,15). The van der Waals surface area contributed by atoms with Gasteiger partial charge in [-0.2, -0.15) is 0 Å². The first-order valence-corrected chi connectivity index (χ1v) is 6.22. The molecule has 5 nitrogen and oxygen atoms in total. The van der Waals surface area contributed by atoms with Gasteiger partial charge in [-0.15, -0.1) is 0 Å². The van der Waals surface area contributed by atoms with Crippen molar-refractivity contribution in [2.75, 3.05) is 11.9 Å². The zero-order valence-electron chi connectivity index (χ0n) is 10.5. The Morgan fingerprint density at radius 2 is 2.06 bits per heavy atom. The number of carbonyl (C=O) groups is 2. The number of pyridine rings is 1. The van der Waals surface area contributed by atoms with Gasteiger partial charge >= 0.3 is 0 Å². The van der Waals surface area contributed by atoms with Gasteiger partial charge in [-0.3, -0.25) is 14.5 Å². The van der Waals surface area contributed by atoms with Crippen LogP contribution < -0.4 is 5.32 Å². The fourth-order valence-corrected chi connectivity index (χ4v) is 1.90. The molecule has 96 valence electrons. The molecule has 1 saturated heterocycles. The summed E-state index contributed by atoms with van der Waals surface area (Å²) >= 11 is 0. The molecular weight excluding hydrogens is 230 g/mol. The van der Waals surface area contributed by atoms with Crippen LogP contribution in [-0.2, 0) is 16.1 Å². The summed E-state index contributed by atoms with van der Waals surface area (Å²) < 4.78 is 0. The van der Waals surface area contributed by atoms with Crippen molar-refractivity contribution in [3.63, 3.8) is 0 Å². The van der Waals surface area contributed by atoms with E-state index in [2.05, 4.69) is 17.2 Å². The average Bonchev–Trinajstić information content (AvgIpc) is 2.69. The third-order valence-corrected chi connectivity index (χ3v) is 2.88. The number of carbonyl (C=O) groups excluding carboxylic acids is 2. The molecular formula is C13H17N3O2. The minimum Gasteiger partial charge on any atom is -0.370 e. The van der Waals surface area contributed by atoms with Crippen molar-refractivity contribution in [3.05, 3.63) is 23.9 Å². The van der Waals surface area contributed by atoms with Gasteiger partial charge in [0.15, 0.2) is 0 Å². The van der Waals surface area contributed by atoms with Gasteiger partial charge in [0.1, 0.15) is 5.82 Å². The van der Waals surface area contributed by atoms with Crippen LogP contribution in [0, 0.1) is 0 Å². The average molecular weight is 247 g/mol. The molecule has 2 amide bonds. The van der Waals surface area contributed by atoms with Crippen LogP contribution in [-0.4, -0.2) is 28.2 Å². The fourth-order valence-electron chi connectivity index (χ4n) is 1.90.